The predicted octanol–water partition coefficient (Wildman–Crippen LogP) is 2.44. The number of aromatic nitrogens is 1. The summed E-state index contributed by atoms with van der Waals surface area (Å²) < 4.78 is 1.03. The average molecular weight is 286 g/mol. The number of nitrogens with one attached hydrogen (secondary N) is 1. The molecule has 4 heteroatoms. The van der Waals surface area contributed by atoms with Gasteiger partial charge in [-0.2, -0.15) is 0 Å². The Labute approximate surface area is 106 Å². The second-order valence-corrected chi connectivity index (χ2v) is 5.25. The smallest absolute Gasteiger partial charge is 0.131 e. The van der Waals surface area contributed by atoms with Gasteiger partial charge in [0.05, 0.1) is 0 Å². The highest BCUT2D eigenvalue weighted by Crippen LogP contribution is 2.20. The van der Waals surface area contributed by atoms with Crippen LogP contribution in [-0.4, -0.2) is 32.2 Å². The van der Waals surface area contributed by atoms with Gasteiger partial charge in [0.15, 0.2) is 0 Å². The van der Waals surface area contributed by atoms with Gasteiger partial charge in [0.2, 0.25) is 0 Å². The van der Waals surface area contributed by atoms with Crippen molar-refractivity contribution in [2.24, 2.45) is 5.92 Å². The predicted molar refractivity (Wildman–Crippen MR) is 73.0 cm³/mol. The maximum absolute atomic E-state index is 4.45. The Morgan fingerprint density at radius 2 is 2.25 bits per heavy atom. The van der Waals surface area contributed by atoms with E-state index in [1.54, 1.807) is 0 Å². The Balaban J connectivity index is 2.69. The molecule has 1 heterocycles. The summed E-state index contributed by atoms with van der Waals surface area (Å²) in [6.07, 6.45) is 1.85. The van der Waals surface area contributed by atoms with Crippen LogP contribution in [0.15, 0.2) is 16.7 Å². The van der Waals surface area contributed by atoms with Crippen LogP contribution < -0.4 is 10.2 Å². The molecule has 1 aromatic rings. The molecule has 0 radical (unpaired) electrons. The molecule has 1 atom stereocenters. The number of hydrogen-bond acceptors (Lipinski definition) is 3. The monoisotopic (exact) mass is 285 g/mol. The van der Waals surface area contributed by atoms with Crippen molar-refractivity contribution in [1.29, 1.82) is 0 Å². The highest BCUT2D eigenvalue weighted by molar-refractivity contribution is 9.10. The van der Waals surface area contributed by atoms with Gasteiger partial charge in [0.1, 0.15) is 5.82 Å². The lowest BCUT2D eigenvalue weighted by Gasteiger charge is -2.23. The molecular formula is C12H20BrN3. The summed E-state index contributed by atoms with van der Waals surface area (Å²) >= 11 is 3.43. The zero-order valence-corrected chi connectivity index (χ0v) is 12.0. The minimum atomic E-state index is 0.611. The Hall–Kier alpha value is -0.610. The molecule has 0 amide bonds. The quantitative estimate of drug-likeness (QED) is 0.901. The molecule has 0 saturated heterocycles. The fraction of sp³-hybridized carbons (Fsp3) is 0.583. The molecule has 1 N–H and O–H groups in total. The largest absolute Gasteiger partial charge is 0.359 e. The molecule has 0 spiro atoms. The third-order valence-electron chi connectivity index (χ3n) is 2.52. The molecule has 0 bridgehead atoms. The minimum Gasteiger partial charge on any atom is -0.359 e. The maximum atomic E-state index is 4.45. The van der Waals surface area contributed by atoms with Crippen molar-refractivity contribution in [1.82, 2.24) is 10.3 Å². The summed E-state index contributed by atoms with van der Waals surface area (Å²) in [4.78, 5) is 6.66. The lowest BCUT2D eigenvalue weighted by Crippen LogP contribution is -2.30. The summed E-state index contributed by atoms with van der Waals surface area (Å²) in [5, 5.41) is 3.19. The van der Waals surface area contributed by atoms with E-state index in [9.17, 15) is 0 Å². The van der Waals surface area contributed by atoms with E-state index < -0.39 is 0 Å². The van der Waals surface area contributed by atoms with Crippen LogP contribution in [0.3, 0.4) is 0 Å². The highest BCUT2D eigenvalue weighted by Gasteiger charge is 2.10. The Morgan fingerprint density at radius 3 is 2.81 bits per heavy atom. The highest BCUT2D eigenvalue weighted by atomic mass is 79.9. The van der Waals surface area contributed by atoms with Gasteiger partial charge in [-0.3, -0.25) is 0 Å². The van der Waals surface area contributed by atoms with Crippen LogP contribution in [0, 0.1) is 12.8 Å². The van der Waals surface area contributed by atoms with E-state index in [1.165, 1.54) is 5.56 Å². The van der Waals surface area contributed by atoms with Crippen LogP contribution in [0.25, 0.3) is 0 Å². The normalized spacial score (nSPS) is 12.6. The third-order valence-corrected chi connectivity index (χ3v) is 2.95. The zero-order valence-electron chi connectivity index (χ0n) is 10.4. The first-order valence-corrected chi connectivity index (χ1v) is 6.31. The first-order chi connectivity index (χ1) is 7.54. The van der Waals surface area contributed by atoms with Gasteiger partial charge < -0.3 is 10.2 Å². The van der Waals surface area contributed by atoms with Crippen LogP contribution in [-0.2, 0) is 0 Å². The van der Waals surface area contributed by atoms with Gasteiger partial charge in [0.25, 0.3) is 0 Å². The summed E-state index contributed by atoms with van der Waals surface area (Å²) in [5.74, 6) is 1.67. The number of rotatable bonds is 5. The van der Waals surface area contributed by atoms with Crippen LogP contribution in [0.4, 0.5) is 5.82 Å². The second kappa shape index (κ2) is 6.21. The molecule has 0 aliphatic heterocycles. The maximum Gasteiger partial charge on any atom is 0.131 e. The Bertz CT molecular complexity index is 341. The van der Waals surface area contributed by atoms with E-state index in [0.717, 1.165) is 23.4 Å². The molecule has 1 aromatic heterocycles. The molecule has 0 aliphatic rings. The van der Waals surface area contributed by atoms with Crippen molar-refractivity contribution in [3.05, 3.63) is 22.3 Å². The van der Waals surface area contributed by atoms with Crippen molar-refractivity contribution >= 4 is 21.7 Å². The molecule has 1 rings (SSSR count). The Morgan fingerprint density at radius 1 is 1.56 bits per heavy atom. The molecule has 0 aromatic carbocycles. The van der Waals surface area contributed by atoms with Crippen molar-refractivity contribution < 1.29 is 0 Å². The van der Waals surface area contributed by atoms with Gasteiger partial charge >= 0.3 is 0 Å². The number of anilines is 1. The topological polar surface area (TPSA) is 28.2 Å². The minimum absolute atomic E-state index is 0.611. The first kappa shape index (κ1) is 13.5. The Kier molecular flexibility index (Phi) is 5.22. The molecule has 3 nitrogen and oxygen atoms in total. The lowest BCUT2D eigenvalue weighted by atomic mass is 10.1. The summed E-state index contributed by atoms with van der Waals surface area (Å²) in [6, 6.07) is 2.10. The number of pyridine rings is 1. The summed E-state index contributed by atoms with van der Waals surface area (Å²) in [7, 11) is 4.08. The number of halogens is 1. The van der Waals surface area contributed by atoms with Gasteiger partial charge in [-0.15, -0.1) is 0 Å². The third kappa shape index (κ3) is 3.76. The van der Waals surface area contributed by atoms with Crippen molar-refractivity contribution in [3.63, 3.8) is 0 Å². The van der Waals surface area contributed by atoms with Crippen molar-refractivity contribution in [3.8, 4) is 0 Å². The van der Waals surface area contributed by atoms with Crippen LogP contribution in [0.5, 0.6) is 0 Å². The van der Waals surface area contributed by atoms with Crippen molar-refractivity contribution in [2.75, 3.05) is 32.1 Å². The van der Waals surface area contributed by atoms with E-state index in [0.29, 0.717) is 5.92 Å². The fourth-order valence-electron chi connectivity index (χ4n) is 1.90. The van der Waals surface area contributed by atoms with Crippen LogP contribution in [0.1, 0.15) is 12.5 Å². The SMILES string of the molecule is CNCC(C)CN(C)c1ncc(Br)cc1C. The van der Waals surface area contributed by atoms with Gasteiger partial charge in [-0.1, -0.05) is 6.92 Å². The summed E-state index contributed by atoms with van der Waals surface area (Å²) in [6.45, 7) is 6.36. The van der Waals surface area contributed by atoms with Crippen LogP contribution >= 0.6 is 15.9 Å². The standard InChI is InChI=1S/C12H20BrN3/c1-9(6-14-3)8-16(4)12-10(2)5-11(13)7-15-12/h5,7,9,14H,6,8H2,1-4H3. The number of hydrogen-bond donors (Lipinski definition) is 1. The fourth-order valence-corrected chi connectivity index (χ4v) is 2.35. The molecule has 0 saturated carbocycles. The van der Waals surface area contributed by atoms with Crippen LogP contribution in [0.2, 0.25) is 0 Å². The van der Waals surface area contributed by atoms with E-state index in [2.05, 4.69) is 58.1 Å². The van der Waals surface area contributed by atoms with Gasteiger partial charge in [0, 0.05) is 24.3 Å². The summed E-state index contributed by atoms with van der Waals surface area (Å²) in [5.41, 5.74) is 1.20. The molecule has 16 heavy (non-hydrogen) atoms. The van der Waals surface area contributed by atoms with Gasteiger partial charge in [-0.25, -0.2) is 4.98 Å². The number of aryl methyl sites for hydroxylation is 1. The molecule has 90 valence electrons. The molecule has 0 fully saturated rings. The van der Waals surface area contributed by atoms with Crippen molar-refractivity contribution in [2.45, 2.75) is 13.8 Å². The zero-order chi connectivity index (χ0) is 12.1. The molecule has 0 aliphatic carbocycles. The number of nitrogens with zero attached hydrogens (tertiary/aromatic N) is 2. The second-order valence-electron chi connectivity index (χ2n) is 4.34. The lowest BCUT2D eigenvalue weighted by molar-refractivity contribution is 0.540. The molecular weight excluding hydrogens is 266 g/mol. The first-order valence-electron chi connectivity index (χ1n) is 5.52. The van der Waals surface area contributed by atoms with Gasteiger partial charge in [-0.05, 0) is 54.0 Å². The average Bonchev–Trinajstić information content (AvgIpc) is 2.17. The van der Waals surface area contributed by atoms with E-state index in [-0.39, 0.29) is 0 Å². The van der Waals surface area contributed by atoms with E-state index in [1.807, 2.05) is 13.2 Å². The van der Waals surface area contributed by atoms with E-state index >= 15 is 0 Å². The molecule has 1 unspecified atom stereocenters. The van der Waals surface area contributed by atoms with E-state index in [4.69, 9.17) is 0 Å².